The van der Waals surface area contributed by atoms with Gasteiger partial charge in [-0.15, -0.1) is 0 Å². The summed E-state index contributed by atoms with van der Waals surface area (Å²) in [5.41, 5.74) is 1.30. The van der Waals surface area contributed by atoms with Crippen LogP contribution in [0, 0.1) is 0 Å². The average Bonchev–Trinajstić information content (AvgIpc) is 2.46. The molecule has 1 heterocycles. The molecule has 0 saturated carbocycles. The van der Waals surface area contributed by atoms with Crippen LogP contribution in [0.1, 0.15) is 18.4 Å². The van der Waals surface area contributed by atoms with E-state index in [0.717, 1.165) is 36.9 Å². The van der Waals surface area contributed by atoms with Gasteiger partial charge in [0.25, 0.3) is 0 Å². The lowest BCUT2D eigenvalue weighted by Gasteiger charge is -2.31. The van der Waals surface area contributed by atoms with Crippen LogP contribution in [0.3, 0.4) is 0 Å². The van der Waals surface area contributed by atoms with Crippen LogP contribution < -0.4 is 10.6 Å². The van der Waals surface area contributed by atoms with Crippen LogP contribution >= 0.6 is 15.9 Å². The third-order valence-electron chi connectivity index (χ3n) is 3.72. The molecule has 0 unspecified atom stereocenters. The van der Waals surface area contributed by atoms with Crippen LogP contribution in [-0.2, 0) is 11.3 Å². The normalized spacial score (nSPS) is 17.1. The maximum absolute atomic E-state index is 11.3. The Balaban J connectivity index is 1.70. The Morgan fingerprint density at radius 3 is 2.80 bits per heavy atom. The van der Waals surface area contributed by atoms with E-state index in [9.17, 15) is 4.79 Å². The highest BCUT2D eigenvalue weighted by Gasteiger charge is 2.19. The molecule has 0 radical (unpaired) electrons. The van der Waals surface area contributed by atoms with Gasteiger partial charge in [0.05, 0.1) is 6.54 Å². The van der Waals surface area contributed by atoms with E-state index >= 15 is 0 Å². The average molecular weight is 340 g/mol. The number of halogens is 1. The summed E-state index contributed by atoms with van der Waals surface area (Å²) in [6.07, 6.45) is 2.20. The van der Waals surface area contributed by atoms with Gasteiger partial charge in [-0.3, -0.25) is 9.69 Å². The van der Waals surface area contributed by atoms with Gasteiger partial charge in [0.2, 0.25) is 5.91 Å². The molecular weight excluding hydrogens is 318 g/mol. The largest absolute Gasteiger partial charge is 0.358 e. The van der Waals surface area contributed by atoms with E-state index in [0.29, 0.717) is 12.6 Å². The molecule has 2 rings (SSSR count). The number of nitrogens with zero attached hydrogens (tertiary/aromatic N) is 1. The third kappa shape index (κ3) is 4.89. The lowest BCUT2D eigenvalue weighted by atomic mass is 10.0. The van der Waals surface area contributed by atoms with Gasteiger partial charge in [0.15, 0.2) is 0 Å². The molecule has 0 bridgehead atoms. The molecule has 110 valence electrons. The van der Waals surface area contributed by atoms with Crippen LogP contribution in [0.2, 0.25) is 0 Å². The first-order valence-corrected chi connectivity index (χ1v) is 7.87. The first-order chi connectivity index (χ1) is 9.67. The molecule has 1 saturated heterocycles. The molecule has 0 atom stereocenters. The van der Waals surface area contributed by atoms with Crippen molar-refractivity contribution in [3.8, 4) is 0 Å². The van der Waals surface area contributed by atoms with E-state index in [1.807, 2.05) is 6.07 Å². The van der Waals surface area contributed by atoms with Crippen LogP contribution in [0.25, 0.3) is 0 Å². The molecule has 4 nitrogen and oxygen atoms in total. The van der Waals surface area contributed by atoms with Gasteiger partial charge in [-0.25, -0.2) is 0 Å². The topological polar surface area (TPSA) is 44.4 Å². The lowest BCUT2D eigenvalue weighted by Crippen LogP contribution is -2.45. The maximum atomic E-state index is 11.3. The van der Waals surface area contributed by atoms with Crippen molar-refractivity contribution in [3.63, 3.8) is 0 Å². The minimum atomic E-state index is 0.102. The fraction of sp³-hybridized carbons (Fsp3) is 0.533. The predicted molar refractivity (Wildman–Crippen MR) is 84.5 cm³/mol. The number of hydrogen-bond donors (Lipinski definition) is 2. The van der Waals surface area contributed by atoms with Crippen molar-refractivity contribution in [1.82, 2.24) is 15.5 Å². The van der Waals surface area contributed by atoms with E-state index in [4.69, 9.17) is 0 Å². The number of nitrogens with one attached hydrogen (secondary N) is 2. The molecule has 1 fully saturated rings. The summed E-state index contributed by atoms with van der Waals surface area (Å²) < 4.78 is 1.12. The van der Waals surface area contributed by atoms with Gasteiger partial charge < -0.3 is 10.6 Å². The van der Waals surface area contributed by atoms with Crippen LogP contribution in [0.5, 0.6) is 0 Å². The number of amides is 1. The monoisotopic (exact) mass is 339 g/mol. The SMILES string of the molecule is CNC(=O)CN1CCC(NCc2cccc(Br)c2)CC1. The molecule has 20 heavy (non-hydrogen) atoms. The van der Waals surface area contributed by atoms with Crippen molar-refractivity contribution < 1.29 is 4.79 Å². The Labute approximate surface area is 129 Å². The summed E-state index contributed by atoms with van der Waals surface area (Å²) in [5.74, 6) is 0.102. The Morgan fingerprint density at radius 1 is 1.40 bits per heavy atom. The Morgan fingerprint density at radius 2 is 2.15 bits per heavy atom. The van der Waals surface area contributed by atoms with Crippen LogP contribution in [0.15, 0.2) is 28.7 Å². The van der Waals surface area contributed by atoms with E-state index in [1.165, 1.54) is 5.56 Å². The summed E-state index contributed by atoms with van der Waals surface area (Å²) in [5, 5.41) is 6.28. The standard InChI is InChI=1S/C15H22BrN3O/c1-17-15(20)11-19-7-5-14(6-8-19)18-10-12-3-2-4-13(16)9-12/h2-4,9,14,18H,5-8,10-11H2,1H3,(H,17,20). The van der Waals surface area contributed by atoms with Crippen LogP contribution in [-0.4, -0.2) is 43.5 Å². The Bertz CT molecular complexity index is 444. The molecule has 1 aliphatic heterocycles. The van der Waals surface area contributed by atoms with Crippen molar-refractivity contribution in [2.45, 2.75) is 25.4 Å². The molecule has 1 aromatic carbocycles. The first kappa shape index (κ1) is 15.5. The number of carbonyl (C=O) groups excluding carboxylic acids is 1. The minimum absolute atomic E-state index is 0.102. The summed E-state index contributed by atoms with van der Waals surface area (Å²) in [6, 6.07) is 8.94. The molecule has 0 spiro atoms. The minimum Gasteiger partial charge on any atom is -0.358 e. The Hall–Kier alpha value is -0.910. The molecule has 1 aliphatic rings. The third-order valence-corrected chi connectivity index (χ3v) is 4.21. The molecule has 5 heteroatoms. The zero-order valence-electron chi connectivity index (χ0n) is 11.9. The molecular formula is C15H22BrN3O. The number of hydrogen-bond acceptors (Lipinski definition) is 3. The second-order valence-electron chi connectivity index (χ2n) is 5.23. The first-order valence-electron chi connectivity index (χ1n) is 7.08. The molecule has 1 aromatic rings. The summed E-state index contributed by atoms with van der Waals surface area (Å²) in [4.78, 5) is 13.5. The highest BCUT2D eigenvalue weighted by molar-refractivity contribution is 9.10. The number of likely N-dealkylation sites (tertiary alicyclic amines) is 1. The number of likely N-dealkylation sites (N-methyl/N-ethyl adjacent to an activating group) is 1. The highest BCUT2D eigenvalue weighted by atomic mass is 79.9. The van der Waals surface area contributed by atoms with E-state index in [1.54, 1.807) is 7.05 Å². The van der Waals surface area contributed by atoms with Crippen molar-refractivity contribution in [3.05, 3.63) is 34.3 Å². The molecule has 0 aromatic heterocycles. The smallest absolute Gasteiger partial charge is 0.233 e. The zero-order valence-corrected chi connectivity index (χ0v) is 13.4. The lowest BCUT2D eigenvalue weighted by molar-refractivity contribution is -0.122. The van der Waals surface area contributed by atoms with Crippen molar-refractivity contribution in [1.29, 1.82) is 0 Å². The quantitative estimate of drug-likeness (QED) is 0.858. The van der Waals surface area contributed by atoms with Gasteiger partial charge in [-0.2, -0.15) is 0 Å². The number of carbonyl (C=O) groups is 1. The van der Waals surface area contributed by atoms with E-state index in [2.05, 4.69) is 49.7 Å². The second-order valence-corrected chi connectivity index (χ2v) is 6.15. The number of benzene rings is 1. The summed E-state index contributed by atoms with van der Waals surface area (Å²) >= 11 is 3.49. The van der Waals surface area contributed by atoms with Crippen molar-refractivity contribution in [2.24, 2.45) is 0 Å². The highest BCUT2D eigenvalue weighted by Crippen LogP contribution is 2.14. The van der Waals surface area contributed by atoms with E-state index < -0.39 is 0 Å². The Kier molecular flexibility index (Phi) is 6.01. The van der Waals surface area contributed by atoms with Gasteiger partial charge >= 0.3 is 0 Å². The zero-order chi connectivity index (χ0) is 14.4. The van der Waals surface area contributed by atoms with Gasteiger partial charge in [0.1, 0.15) is 0 Å². The molecule has 0 aliphatic carbocycles. The maximum Gasteiger partial charge on any atom is 0.233 e. The molecule has 2 N–H and O–H groups in total. The van der Waals surface area contributed by atoms with Crippen LogP contribution in [0.4, 0.5) is 0 Å². The summed E-state index contributed by atoms with van der Waals surface area (Å²) in [6.45, 7) is 3.40. The van der Waals surface area contributed by atoms with Crippen molar-refractivity contribution in [2.75, 3.05) is 26.7 Å². The van der Waals surface area contributed by atoms with Gasteiger partial charge in [0, 0.05) is 37.2 Å². The fourth-order valence-electron chi connectivity index (χ4n) is 2.49. The fourth-order valence-corrected chi connectivity index (χ4v) is 2.93. The van der Waals surface area contributed by atoms with Gasteiger partial charge in [-0.05, 0) is 30.5 Å². The molecule has 1 amide bonds. The number of piperidine rings is 1. The summed E-state index contributed by atoms with van der Waals surface area (Å²) in [7, 11) is 1.69. The number of rotatable bonds is 5. The second kappa shape index (κ2) is 7.76. The van der Waals surface area contributed by atoms with Crippen molar-refractivity contribution >= 4 is 21.8 Å². The van der Waals surface area contributed by atoms with Gasteiger partial charge in [-0.1, -0.05) is 28.1 Å². The predicted octanol–water partition coefficient (Wildman–Crippen LogP) is 1.75. The van der Waals surface area contributed by atoms with E-state index in [-0.39, 0.29) is 5.91 Å².